The first-order valence-electron chi connectivity index (χ1n) is 6.63. The molecule has 4 heteroatoms. The van der Waals surface area contributed by atoms with Gasteiger partial charge in [-0.1, -0.05) is 18.2 Å². The third-order valence-electron chi connectivity index (χ3n) is 3.48. The average molecular weight is 334 g/mol. The van der Waals surface area contributed by atoms with Crippen LogP contribution >= 0.6 is 15.9 Å². The molecule has 1 heterocycles. The van der Waals surface area contributed by atoms with Crippen molar-refractivity contribution >= 4 is 21.6 Å². The molecule has 20 heavy (non-hydrogen) atoms. The Kier molecular flexibility index (Phi) is 3.83. The van der Waals surface area contributed by atoms with Crippen molar-refractivity contribution < 1.29 is 9.47 Å². The maximum absolute atomic E-state index is 5.93. The summed E-state index contributed by atoms with van der Waals surface area (Å²) in [4.78, 5) is 0. The molecule has 0 bridgehead atoms. The van der Waals surface area contributed by atoms with Gasteiger partial charge in [-0.15, -0.1) is 0 Å². The Morgan fingerprint density at radius 3 is 3.00 bits per heavy atom. The first kappa shape index (κ1) is 13.3. The number of anilines is 1. The number of hydrogen-bond acceptors (Lipinski definition) is 3. The van der Waals surface area contributed by atoms with Gasteiger partial charge < -0.3 is 15.2 Å². The fourth-order valence-corrected chi connectivity index (χ4v) is 2.77. The second-order valence-electron chi connectivity index (χ2n) is 4.87. The summed E-state index contributed by atoms with van der Waals surface area (Å²) in [5, 5.41) is 0. The molecule has 2 aromatic carbocycles. The van der Waals surface area contributed by atoms with Gasteiger partial charge in [0.2, 0.25) is 0 Å². The number of nitrogen functional groups attached to an aromatic ring is 1. The summed E-state index contributed by atoms with van der Waals surface area (Å²) in [6, 6.07) is 13.8. The molecule has 0 saturated carbocycles. The summed E-state index contributed by atoms with van der Waals surface area (Å²) in [6.07, 6.45) is 0.969. The van der Waals surface area contributed by atoms with Crippen molar-refractivity contribution in [1.82, 2.24) is 0 Å². The minimum atomic E-state index is 0.355. The summed E-state index contributed by atoms with van der Waals surface area (Å²) >= 11 is 3.48. The van der Waals surface area contributed by atoms with Crippen LogP contribution in [0.2, 0.25) is 0 Å². The molecule has 1 aliphatic rings. The molecule has 104 valence electrons. The molecule has 0 aliphatic carbocycles. The van der Waals surface area contributed by atoms with Gasteiger partial charge >= 0.3 is 0 Å². The smallest absolute Gasteiger partial charge is 0.135 e. The van der Waals surface area contributed by atoms with Crippen LogP contribution in [0.1, 0.15) is 17.9 Å². The first-order chi connectivity index (χ1) is 9.74. The number of ether oxygens (including phenoxy) is 2. The SMILES string of the molecule is Nc1ccc(Br)c(OCC2CCOc3ccccc32)c1. The average Bonchev–Trinajstić information content (AvgIpc) is 2.48. The van der Waals surface area contributed by atoms with Crippen molar-refractivity contribution in [1.29, 1.82) is 0 Å². The fourth-order valence-electron chi connectivity index (χ4n) is 2.41. The number of para-hydroxylation sites is 1. The van der Waals surface area contributed by atoms with Gasteiger partial charge in [-0.25, -0.2) is 0 Å². The van der Waals surface area contributed by atoms with Crippen LogP contribution in [-0.4, -0.2) is 13.2 Å². The number of rotatable bonds is 3. The van der Waals surface area contributed by atoms with Crippen LogP contribution < -0.4 is 15.2 Å². The van der Waals surface area contributed by atoms with E-state index >= 15 is 0 Å². The van der Waals surface area contributed by atoms with E-state index in [0.717, 1.165) is 29.0 Å². The predicted molar refractivity (Wildman–Crippen MR) is 83.3 cm³/mol. The molecule has 0 radical (unpaired) electrons. The van der Waals surface area contributed by atoms with E-state index in [-0.39, 0.29) is 0 Å². The van der Waals surface area contributed by atoms with Crippen LogP contribution in [0.4, 0.5) is 5.69 Å². The molecule has 0 amide bonds. The van der Waals surface area contributed by atoms with Crippen molar-refractivity contribution in [2.75, 3.05) is 18.9 Å². The Morgan fingerprint density at radius 2 is 2.10 bits per heavy atom. The van der Waals surface area contributed by atoms with E-state index in [0.29, 0.717) is 18.2 Å². The van der Waals surface area contributed by atoms with Crippen molar-refractivity contribution in [3.05, 3.63) is 52.5 Å². The van der Waals surface area contributed by atoms with Gasteiger partial charge in [-0.3, -0.25) is 0 Å². The minimum absolute atomic E-state index is 0.355. The van der Waals surface area contributed by atoms with E-state index in [9.17, 15) is 0 Å². The zero-order valence-electron chi connectivity index (χ0n) is 11.0. The third kappa shape index (κ3) is 2.75. The molecule has 3 rings (SSSR count). The molecule has 0 fully saturated rings. The Morgan fingerprint density at radius 1 is 1.25 bits per heavy atom. The maximum atomic E-state index is 5.93. The van der Waals surface area contributed by atoms with Crippen LogP contribution in [0.5, 0.6) is 11.5 Å². The second kappa shape index (κ2) is 5.75. The van der Waals surface area contributed by atoms with Crippen LogP contribution in [0.15, 0.2) is 46.9 Å². The molecule has 1 aliphatic heterocycles. The summed E-state index contributed by atoms with van der Waals surface area (Å²) in [7, 11) is 0. The number of benzene rings is 2. The van der Waals surface area contributed by atoms with Crippen molar-refractivity contribution in [2.24, 2.45) is 0 Å². The number of fused-ring (bicyclic) bond motifs is 1. The standard InChI is InChI=1S/C16H16BrNO2/c17-14-6-5-12(18)9-16(14)20-10-11-7-8-19-15-4-2-1-3-13(11)15/h1-6,9,11H,7-8,10,18H2. The van der Waals surface area contributed by atoms with Crippen LogP contribution in [0, 0.1) is 0 Å². The molecule has 1 atom stereocenters. The molecular weight excluding hydrogens is 318 g/mol. The van der Waals surface area contributed by atoms with E-state index in [4.69, 9.17) is 15.2 Å². The van der Waals surface area contributed by atoms with Gasteiger partial charge in [0.25, 0.3) is 0 Å². The largest absolute Gasteiger partial charge is 0.493 e. The molecule has 2 aromatic rings. The van der Waals surface area contributed by atoms with Gasteiger partial charge in [0, 0.05) is 23.2 Å². The highest BCUT2D eigenvalue weighted by molar-refractivity contribution is 9.10. The normalized spacial score (nSPS) is 17.1. The lowest BCUT2D eigenvalue weighted by atomic mass is 9.94. The molecule has 1 unspecified atom stereocenters. The molecule has 3 nitrogen and oxygen atoms in total. The molecular formula is C16H16BrNO2. The summed E-state index contributed by atoms with van der Waals surface area (Å²) in [6.45, 7) is 1.37. The van der Waals surface area contributed by atoms with Gasteiger partial charge in [-0.2, -0.15) is 0 Å². The summed E-state index contributed by atoms with van der Waals surface area (Å²) < 4.78 is 12.5. The Labute approximate surface area is 126 Å². The van der Waals surface area contributed by atoms with E-state index in [1.54, 1.807) is 0 Å². The maximum Gasteiger partial charge on any atom is 0.135 e. The highest BCUT2D eigenvalue weighted by Gasteiger charge is 2.21. The Balaban J connectivity index is 1.75. The minimum Gasteiger partial charge on any atom is -0.493 e. The fraction of sp³-hybridized carbons (Fsp3) is 0.250. The molecule has 0 aromatic heterocycles. The number of hydrogen-bond donors (Lipinski definition) is 1. The third-order valence-corrected chi connectivity index (χ3v) is 4.13. The Bertz CT molecular complexity index is 615. The van der Waals surface area contributed by atoms with Crippen LogP contribution in [0.25, 0.3) is 0 Å². The van der Waals surface area contributed by atoms with Crippen molar-refractivity contribution in [3.63, 3.8) is 0 Å². The summed E-state index contributed by atoms with van der Waals surface area (Å²) in [5.74, 6) is 2.11. The zero-order valence-corrected chi connectivity index (χ0v) is 12.6. The zero-order chi connectivity index (χ0) is 13.9. The number of halogens is 1. The van der Waals surface area contributed by atoms with E-state index in [1.165, 1.54) is 5.56 Å². The number of nitrogens with two attached hydrogens (primary N) is 1. The van der Waals surface area contributed by atoms with Crippen molar-refractivity contribution in [3.8, 4) is 11.5 Å². The van der Waals surface area contributed by atoms with Crippen molar-refractivity contribution in [2.45, 2.75) is 12.3 Å². The highest BCUT2D eigenvalue weighted by Crippen LogP contribution is 2.35. The van der Waals surface area contributed by atoms with Crippen LogP contribution in [0.3, 0.4) is 0 Å². The van der Waals surface area contributed by atoms with Gasteiger partial charge in [0.15, 0.2) is 0 Å². The summed E-state index contributed by atoms with van der Waals surface area (Å²) in [5.41, 5.74) is 7.72. The monoisotopic (exact) mass is 333 g/mol. The van der Waals surface area contributed by atoms with E-state index in [2.05, 4.69) is 22.0 Å². The first-order valence-corrected chi connectivity index (χ1v) is 7.43. The second-order valence-corrected chi connectivity index (χ2v) is 5.73. The molecule has 0 spiro atoms. The van der Waals surface area contributed by atoms with Gasteiger partial charge in [0.05, 0.1) is 17.7 Å². The van der Waals surface area contributed by atoms with Gasteiger partial charge in [0.1, 0.15) is 11.5 Å². The predicted octanol–water partition coefficient (Wildman–Crippen LogP) is 3.98. The lowest BCUT2D eigenvalue weighted by Gasteiger charge is -2.26. The van der Waals surface area contributed by atoms with E-state index in [1.807, 2.05) is 36.4 Å². The topological polar surface area (TPSA) is 44.5 Å². The lowest BCUT2D eigenvalue weighted by Crippen LogP contribution is -2.19. The highest BCUT2D eigenvalue weighted by atomic mass is 79.9. The lowest BCUT2D eigenvalue weighted by molar-refractivity contribution is 0.217. The molecule has 0 saturated heterocycles. The quantitative estimate of drug-likeness (QED) is 0.864. The van der Waals surface area contributed by atoms with Crippen LogP contribution in [-0.2, 0) is 0 Å². The van der Waals surface area contributed by atoms with Gasteiger partial charge in [-0.05, 0) is 40.5 Å². The molecule has 2 N–H and O–H groups in total. The van der Waals surface area contributed by atoms with E-state index < -0.39 is 0 Å². The Hall–Kier alpha value is -1.68.